The quantitative estimate of drug-likeness (QED) is 0.839. The number of alkyl halides is 2. The minimum Gasteiger partial charge on any atom is -0.489 e. The Morgan fingerprint density at radius 3 is 3.00 bits per heavy atom. The van der Waals surface area contributed by atoms with Crippen molar-refractivity contribution < 1.29 is 13.5 Å². The molecule has 0 bridgehead atoms. The van der Waals surface area contributed by atoms with Crippen LogP contribution < -0.4 is 10.1 Å². The molecule has 0 radical (unpaired) electrons. The monoisotopic (exact) mass is 259 g/mol. The first-order chi connectivity index (χ1) is 8.24. The number of piperidine rings is 1. The summed E-state index contributed by atoms with van der Waals surface area (Å²) in [5, 5.41) is 3.25. The lowest BCUT2D eigenvalue weighted by Crippen LogP contribution is -2.37. The Hall–Kier alpha value is -0.810. The Bertz CT molecular complexity index is 356. The van der Waals surface area contributed by atoms with Gasteiger partial charge in [-0.25, -0.2) is 0 Å². The van der Waals surface area contributed by atoms with Gasteiger partial charge in [-0.2, -0.15) is 8.78 Å². The van der Waals surface area contributed by atoms with Crippen LogP contribution in [0.2, 0.25) is 0 Å². The number of hydrogen-bond donors (Lipinski definition) is 1. The van der Waals surface area contributed by atoms with Crippen molar-refractivity contribution in [2.45, 2.75) is 29.6 Å². The van der Waals surface area contributed by atoms with Crippen LogP contribution in [0, 0.1) is 0 Å². The van der Waals surface area contributed by atoms with Crippen LogP contribution in [0.4, 0.5) is 8.78 Å². The van der Waals surface area contributed by atoms with E-state index in [9.17, 15) is 8.78 Å². The molecular formula is C12H15F2NOS. The molecule has 1 fully saturated rings. The van der Waals surface area contributed by atoms with Crippen molar-refractivity contribution in [1.29, 1.82) is 0 Å². The summed E-state index contributed by atoms with van der Waals surface area (Å²) < 4.78 is 30.2. The molecular weight excluding hydrogens is 244 g/mol. The van der Waals surface area contributed by atoms with Crippen LogP contribution in [0.15, 0.2) is 29.2 Å². The van der Waals surface area contributed by atoms with Crippen molar-refractivity contribution in [3.63, 3.8) is 0 Å². The summed E-state index contributed by atoms with van der Waals surface area (Å²) >= 11 is 0.546. The summed E-state index contributed by atoms with van der Waals surface area (Å²) in [4.78, 5) is 0.543. The highest BCUT2D eigenvalue weighted by atomic mass is 32.2. The first kappa shape index (κ1) is 12.6. The van der Waals surface area contributed by atoms with Crippen molar-refractivity contribution in [1.82, 2.24) is 5.32 Å². The van der Waals surface area contributed by atoms with E-state index in [1.165, 1.54) is 0 Å². The molecule has 1 N–H and O–H groups in total. The molecule has 2 rings (SSSR count). The summed E-state index contributed by atoms with van der Waals surface area (Å²) in [6, 6.07) is 6.90. The van der Waals surface area contributed by atoms with E-state index in [0.717, 1.165) is 25.9 Å². The molecule has 1 unspecified atom stereocenters. The molecule has 1 atom stereocenters. The van der Waals surface area contributed by atoms with Crippen LogP contribution in [0.3, 0.4) is 0 Å². The third-order valence-electron chi connectivity index (χ3n) is 2.59. The van der Waals surface area contributed by atoms with Crippen LogP contribution in [0.1, 0.15) is 12.8 Å². The van der Waals surface area contributed by atoms with Crippen LogP contribution >= 0.6 is 11.8 Å². The fraction of sp³-hybridized carbons (Fsp3) is 0.500. The van der Waals surface area contributed by atoms with Gasteiger partial charge in [0.2, 0.25) is 0 Å². The number of nitrogens with one attached hydrogen (secondary N) is 1. The van der Waals surface area contributed by atoms with Gasteiger partial charge in [0.05, 0.1) is 0 Å². The normalized spacial score (nSPS) is 20.5. The molecule has 0 spiro atoms. The highest BCUT2D eigenvalue weighted by Crippen LogP contribution is 2.28. The van der Waals surface area contributed by atoms with Gasteiger partial charge in [0.25, 0.3) is 5.76 Å². The van der Waals surface area contributed by atoms with E-state index in [1.54, 1.807) is 18.2 Å². The number of thioether (sulfide) groups is 1. The van der Waals surface area contributed by atoms with Gasteiger partial charge in [-0.1, -0.05) is 17.8 Å². The van der Waals surface area contributed by atoms with E-state index in [1.807, 2.05) is 6.07 Å². The molecule has 5 heteroatoms. The third kappa shape index (κ3) is 4.16. The number of rotatable bonds is 4. The molecule has 1 aromatic carbocycles. The molecule has 2 nitrogen and oxygen atoms in total. The molecule has 0 aromatic heterocycles. The largest absolute Gasteiger partial charge is 0.489 e. The van der Waals surface area contributed by atoms with Gasteiger partial charge in [0.15, 0.2) is 0 Å². The van der Waals surface area contributed by atoms with Gasteiger partial charge in [0, 0.05) is 11.4 Å². The summed E-state index contributed by atoms with van der Waals surface area (Å²) in [6.07, 6.45) is 2.26. The summed E-state index contributed by atoms with van der Waals surface area (Å²) in [5.41, 5.74) is 0. The number of halogens is 2. The maximum absolute atomic E-state index is 12.2. The van der Waals surface area contributed by atoms with Gasteiger partial charge >= 0.3 is 0 Å². The number of benzene rings is 1. The SMILES string of the molecule is FC(F)Sc1cccc(OC2CCCNC2)c1. The maximum atomic E-state index is 12.2. The predicted molar refractivity (Wildman–Crippen MR) is 64.8 cm³/mol. The smallest absolute Gasteiger partial charge is 0.288 e. The molecule has 1 heterocycles. The lowest BCUT2D eigenvalue weighted by atomic mass is 10.1. The van der Waals surface area contributed by atoms with E-state index in [0.29, 0.717) is 22.4 Å². The zero-order chi connectivity index (χ0) is 12.1. The van der Waals surface area contributed by atoms with Gasteiger partial charge in [0.1, 0.15) is 11.9 Å². The second kappa shape index (κ2) is 6.21. The zero-order valence-electron chi connectivity index (χ0n) is 9.36. The van der Waals surface area contributed by atoms with E-state index in [4.69, 9.17) is 4.74 Å². The predicted octanol–water partition coefficient (Wildman–Crippen LogP) is 3.13. The Kier molecular flexibility index (Phi) is 4.62. The number of ether oxygens (including phenoxy) is 1. The second-order valence-electron chi connectivity index (χ2n) is 3.94. The molecule has 1 aliphatic heterocycles. The standard InChI is InChI=1S/C12H15F2NOS/c13-12(14)17-11-5-1-3-9(7-11)16-10-4-2-6-15-8-10/h1,3,5,7,10,12,15H,2,4,6,8H2. The molecule has 94 valence electrons. The molecule has 0 amide bonds. The van der Waals surface area contributed by atoms with E-state index < -0.39 is 5.76 Å². The van der Waals surface area contributed by atoms with Crippen molar-refractivity contribution in [2.24, 2.45) is 0 Å². The molecule has 1 aliphatic rings. The first-order valence-electron chi connectivity index (χ1n) is 5.66. The Balaban J connectivity index is 1.95. The van der Waals surface area contributed by atoms with Crippen LogP contribution in [0.5, 0.6) is 5.75 Å². The van der Waals surface area contributed by atoms with E-state index >= 15 is 0 Å². The maximum Gasteiger partial charge on any atom is 0.288 e. The number of hydrogen-bond acceptors (Lipinski definition) is 3. The average molecular weight is 259 g/mol. The summed E-state index contributed by atoms with van der Waals surface area (Å²) in [5.74, 6) is -1.72. The van der Waals surface area contributed by atoms with Crippen LogP contribution in [0.25, 0.3) is 0 Å². The molecule has 1 aromatic rings. The van der Waals surface area contributed by atoms with Crippen LogP contribution in [-0.2, 0) is 0 Å². The zero-order valence-corrected chi connectivity index (χ0v) is 10.2. The van der Waals surface area contributed by atoms with Crippen molar-refractivity contribution in [2.75, 3.05) is 13.1 Å². The molecule has 1 saturated heterocycles. The lowest BCUT2D eigenvalue weighted by molar-refractivity contribution is 0.167. The van der Waals surface area contributed by atoms with E-state index in [2.05, 4.69) is 5.32 Å². The Labute approximate surface area is 104 Å². The summed E-state index contributed by atoms with van der Waals surface area (Å²) in [7, 11) is 0. The van der Waals surface area contributed by atoms with Gasteiger partial charge in [-0.05, 0) is 37.6 Å². The first-order valence-corrected chi connectivity index (χ1v) is 6.54. The fourth-order valence-electron chi connectivity index (χ4n) is 1.84. The van der Waals surface area contributed by atoms with Crippen molar-refractivity contribution in [3.05, 3.63) is 24.3 Å². The van der Waals surface area contributed by atoms with Gasteiger partial charge in [-0.3, -0.25) is 0 Å². The topological polar surface area (TPSA) is 21.3 Å². The highest BCUT2D eigenvalue weighted by molar-refractivity contribution is 7.99. The van der Waals surface area contributed by atoms with Crippen molar-refractivity contribution in [3.8, 4) is 5.75 Å². The van der Waals surface area contributed by atoms with Crippen LogP contribution in [-0.4, -0.2) is 25.0 Å². The Morgan fingerprint density at radius 2 is 2.29 bits per heavy atom. The van der Waals surface area contributed by atoms with Gasteiger partial charge in [-0.15, -0.1) is 0 Å². The molecule has 0 saturated carbocycles. The van der Waals surface area contributed by atoms with E-state index in [-0.39, 0.29) is 6.10 Å². The van der Waals surface area contributed by atoms with Gasteiger partial charge < -0.3 is 10.1 Å². The highest BCUT2D eigenvalue weighted by Gasteiger charge is 2.14. The average Bonchev–Trinajstić information content (AvgIpc) is 2.30. The minimum absolute atomic E-state index is 0.149. The Morgan fingerprint density at radius 1 is 1.41 bits per heavy atom. The summed E-state index contributed by atoms with van der Waals surface area (Å²) in [6.45, 7) is 1.85. The molecule has 0 aliphatic carbocycles. The third-order valence-corrected chi connectivity index (χ3v) is 3.29. The second-order valence-corrected chi connectivity index (χ2v) is 5.00. The van der Waals surface area contributed by atoms with Crippen molar-refractivity contribution >= 4 is 11.8 Å². The minimum atomic E-state index is -2.39. The lowest BCUT2D eigenvalue weighted by Gasteiger charge is -2.24. The molecule has 17 heavy (non-hydrogen) atoms. The fourth-order valence-corrected chi connectivity index (χ4v) is 2.38.